The highest BCUT2D eigenvalue weighted by Gasteiger charge is 2.12. The van der Waals surface area contributed by atoms with E-state index >= 15 is 0 Å². The lowest BCUT2D eigenvalue weighted by Crippen LogP contribution is -2.13. The van der Waals surface area contributed by atoms with Crippen LogP contribution in [0.2, 0.25) is 5.02 Å². The molecule has 109 valence electrons. The van der Waals surface area contributed by atoms with E-state index in [2.05, 4.69) is 0 Å². The fraction of sp³-hybridized carbons (Fsp3) is 0.125. The molecule has 0 aliphatic heterocycles. The number of hydrogen-bond donors (Lipinski definition) is 2. The SMILES string of the molecule is NC(=O)c1cc(C[CH]CO)ccc1-c1ccc(F)c(Cl)c1. The van der Waals surface area contributed by atoms with Gasteiger partial charge in [0.25, 0.3) is 0 Å². The van der Waals surface area contributed by atoms with Gasteiger partial charge in [0, 0.05) is 12.2 Å². The maximum Gasteiger partial charge on any atom is 0.249 e. The fourth-order valence-corrected chi connectivity index (χ4v) is 2.25. The molecule has 2 aromatic rings. The van der Waals surface area contributed by atoms with Crippen LogP contribution in [0.4, 0.5) is 4.39 Å². The van der Waals surface area contributed by atoms with Crippen LogP contribution in [-0.4, -0.2) is 17.6 Å². The highest BCUT2D eigenvalue weighted by Crippen LogP contribution is 2.28. The van der Waals surface area contributed by atoms with E-state index in [0.717, 1.165) is 5.56 Å². The molecule has 0 fully saturated rings. The first-order valence-electron chi connectivity index (χ1n) is 6.33. The second-order valence-electron chi connectivity index (χ2n) is 4.55. The van der Waals surface area contributed by atoms with Gasteiger partial charge in [-0.05, 0) is 47.7 Å². The van der Waals surface area contributed by atoms with Crippen molar-refractivity contribution < 1.29 is 14.3 Å². The molecule has 5 heteroatoms. The van der Waals surface area contributed by atoms with Gasteiger partial charge in [-0.2, -0.15) is 0 Å². The third-order valence-electron chi connectivity index (χ3n) is 3.09. The van der Waals surface area contributed by atoms with E-state index in [1.807, 2.05) is 6.07 Å². The van der Waals surface area contributed by atoms with Crippen LogP contribution in [0, 0.1) is 12.2 Å². The van der Waals surface area contributed by atoms with Crippen molar-refractivity contribution >= 4 is 17.5 Å². The van der Waals surface area contributed by atoms with Crippen molar-refractivity contribution in [3.63, 3.8) is 0 Å². The highest BCUT2D eigenvalue weighted by atomic mass is 35.5. The van der Waals surface area contributed by atoms with Gasteiger partial charge in [0.15, 0.2) is 0 Å². The van der Waals surface area contributed by atoms with Gasteiger partial charge < -0.3 is 10.8 Å². The first kappa shape index (κ1) is 15.5. The average molecular weight is 307 g/mol. The minimum absolute atomic E-state index is 0.0133. The summed E-state index contributed by atoms with van der Waals surface area (Å²) in [4.78, 5) is 11.6. The van der Waals surface area contributed by atoms with E-state index in [-0.39, 0.29) is 11.6 Å². The van der Waals surface area contributed by atoms with E-state index in [1.54, 1.807) is 24.6 Å². The van der Waals surface area contributed by atoms with E-state index in [1.165, 1.54) is 12.1 Å². The zero-order valence-corrected chi connectivity index (χ0v) is 11.9. The number of rotatable bonds is 5. The van der Waals surface area contributed by atoms with Crippen LogP contribution >= 0.6 is 11.6 Å². The van der Waals surface area contributed by atoms with Crippen molar-refractivity contribution in [2.45, 2.75) is 6.42 Å². The zero-order chi connectivity index (χ0) is 15.4. The molecule has 21 heavy (non-hydrogen) atoms. The molecule has 0 saturated heterocycles. The first-order chi connectivity index (χ1) is 10.0. The van der Waals surface area contributed by atoms with E-state index in [9.17, 15) is 9.18 Å². The van der Waals surface area contributed by atoms with Gasteiger partial charge in [0.1, 0.15) is 5.82 Å². The molecular weight excluding hydrogens is 293 g/mol. The third kappa shape index (κ3) is 3.60. The molecule has 2 rings (SSSR count). The first-order valence-corrected chi connectivity index (χ1v) is 6.71. The van der Waals surface area contributed by atoms with E-state index in [0.29, 0.717) is 23.1 Å². The van der Waals surface area contributed by atoms with Gasteiger partial charge in [-0.25, -0.2) is 4.39 Å². The molecule has 0 saturated carbocycles. The van der Waals surface area contributed by atoms with E-state index in [4.69, 9.17) is 22.4 Å². The lowest BCUT2D eigenvalue weighted by atomic mass is 9.95. The van der Waals surface area contributed by atoms with Crippen molar-refractivity contribution in [2.24, 2.45) is 5.73 Å². The Bertz CT molecular complexity index is 673. The number of halogens is 2. The Hall–Kier alpha value is -1.91. The number of aliphatic hydroxyl groups excluding tert-OH is 1. The van der Waals surface area contributed by atoms with E-state index < -0.39 is 11.7 Å². The largest absolute Gasteiger partial charge is 0.396 e. The van der Waals surface area contributed by atoms with Gasteiger partial charge in [-0.15, -0.1) is 0 Å². The van der Waals surface area contributed by atoms with Crippen molar-refractivity contribution in [3.8, 4) is 11.1 Å². The van der Waals surface area contributed by atoms with Crippen LogP contribution in [-0.2, 0) is 6.42 Å². The van der Waals surface area contributed by atoms with Crippen LogP contribution < -0.4 is 5.73 Å². The molecule has 0 unspecified atom stereocenters. The maximum atomic E-state index is 13.2. The fourth-order valence-electron chi connectivity index (χ4n) is 2.07. The molecule has 0 aliphatic rings. The Labute approximate surface area is 127 Å². The van der Waals surface area contributed by atoms with Crippen molar-refractivity contribution in [1.29, 1.82) is 0 Å². The summed E-state index contributed by atoms with van der Waals surface area (Å²) in [7, 11) is 0. The van der Waals surface area contributed by atoms with Crippen LogP contribution in [0.15, 0.2) is 36.4 Å². The Morgan fingerprint density at radius 3 is 2.67 bits per heavy atom. The summed E-state index contributed by atoms with van der Waals surface area (Å²) in [5.74, 6) is -1.09. The van der Waals surface area contributed by atoms with Crippen molar-refractivity contribution in [2.75, 3.05) is 6.61 Å². The van der Waals surface area contributed by atoms with Crippen molar-refractivity contribution in [3.05, 3.63) is 64.8 Å². The molecule has 0 atom stereocenters. The Balaban J connectivity index is 2.47. The molecule has 0 heterocycles. The number of carbonyl (C=O) groups excluding carboxylic acids is 1. The standard InChI is InChI=1S/C16H14ClFNO2/c17-14-9-11(4-6-15(14)18)12-5-3-10(2-1-7-20)8-13(12)16(19)21/h1,3-6,8-9,20H,2,7H2,(H2,19,21). The van der Waals surface area contributed by atoms with Crippen LogP contribution in [0.1, 0.15) is 15.9 Å². The summed E-state index contributed by atoms with van der Waals surface area (Å²) in [6.45, 7) is -0.0405. The summed E-state index contributed by atoms with van der Waals surface area (Å²) in [6, 6.07) is 9.48. The average Bonchev–Trinajstić information content (AvgIpc) is 2.47. The van der Waals surface area contributed by atoms with Gasteiger partial charge in [0.05, 0.1) is 5.02 Å². The molecule has 0 aromatic heterocycles. The minimum Gasteiger partial charge on any atom is -0.396 e. The normalized spacial score (nSPS) is 10.6. The van der Waals surface area contributed by atoms with Gasteiger partial charge >= 0.3 is 0 Å². The molecule has 1 radical (unpaired) electrons. The summed E-state index contributed by atoms with van der Waals surface area (Å²) < 4.78 is 13.2. The number of carbonyl (C=O) groups is 1. The Morgan fingerprint density at radius 2 is 2.05 bits per heavy atom. The second kappa shape index (κ2) is 6.70. The highest BCUT2D eigenvalue weighted by molar-refractivity contribution is 6.31. The summed E-state index contributed by atoms with van der Waals surface area (Å²) in [6.07, 6.45) is 2.20. The van der Waals surface area contributed by atoms with Gasteiger partial charge in [-0.3, -0.25) is 4.79 Å². The molecule has 1 amide bonds. The lowest BCUT2D eigenvalue weighted by molar-refractivity contribution is 0.100. The topological polar surface area (TPSA) is 63.3 Å². The molecule has 3 nitrogen and oxygen atoms in total. The van der Waals surface area contributed by atoms with Crippen LogP contribution in [0.5, 0.6) is 0 Å². The number of primary amides is 1. The predicted octanol–water partition coefficient (Wildman–Crippen LogP) is 2.98. The van der Waals surface area contributed by atoms with Crippen LogP contribution in [0.3, 0.4) is 0 Å². The minimum atomic E-state index is -0.573. The van der Waals surface area contributed by atoms with Crippen LogP contribution in [0.25, 0.3) is 11.1 Å². The Morgan fingerprint density at radius 1 is 1.29 bits per heavy atom. The zero-order valence-electron chi connectivity index (χ0n) is 11.1. The smallest absolute Gasteiger partial charge is 0.249 e. The summed E-state index contributed by atoms with van der Waals surface area (Å²) in [5.41, 5.74) is 7.82. The van der Waals surface area contributed by atoms with Gasteiger partial charge in [-0.1, -0.05) is 29.8 Å². The quantitative estimate of drug-likeness (QED) is 0.892. The number of nitrogens with two attached hydrogens (primary N) is 1. The number of benzene rings is 2. The maximum absolute atomic E-state index is 13.2. The molecular formula is C16H14ClFNO2. The molecule has 2 aromatic carbocycles. The second-order valence-corrected chi connectivity index (χ2v) is 4.96. The Kier molecular flexibility index (Phi) is 4.94. The number of amides is 1. The molecule has 0 bridgehead atoms. The predicted molar refractivity (Wildman–Crippen MR) is 80.5 cm³/mol. The van der Waals surface area contributed by atoms with Crippen molar-refractivity contribution in [1.82, 2.24) is 0 Å². The molecule has 0 spiro atoms. The summed E-state index contributed by atoms with van der Waals surface area (Å²) >= 11 is 5.77. The summed E-state index contributed by atoms with van der Waals surface area (Å²) in [5, 5.41) is 8.78. The molecule has 0 aliphatic carbocycles. The number of hydrogen-bond acceptors (Lipinski definition) is 2. The number of aliphatic hydroxyl groups is 1. The lowest BCUT2D eigenvalue weighted by Gasteiger charge is -2.10. The molecule has 3 N–H and O–H groups in total. The monoisotopic (exact) mass is 306 g/mol. The van der Waals surface area contributed by atoms with Gasteiger partial charge in [0.2, 0.25) is 5.91 Å². The third-order valence-corrected chi connectivity index (χ3v) is 3.38.